The number of benzene rings is 2. The standard InChI is InChI=1S/C18H12ClF3N4O2S/c19-13-8-6-12(7-9-13)15-16(18(20,21)22)26(11-10-23)24-17(15)25-29(27,28)14-4-2-1-3-5-14/h1-9H,11H2,(H,24,25). The molecular formula is C18H12ClF3N4O2S. The first kappa shape index (κ1) is 20.7. The molecule has 0 saturated heterocycles. The summed E-state index contributed by atoms with van der Waals surface area (Å²) in [5.74, 6) is -0.543. The van der Waals surface area contributed by atoms with Crippen LogP contribution in [0.4, 0.5) is 19.0 Å². The van der Waals surface area contributed by atoms with Gasteiger partial charge in [0.25, 0.3) is 10.0 Å². The molecule has 0 spiro atoms. The highest BCUT2D eigenvalue weighted by molar-refractivity contribution is 7.92. The predicted octanol–water partition coefficient (Wildman–Crippen LogP) is 4.55. The lowest BCUT2D eigenvalue weighted by molar-refractivity contribution is -0.143. The number of nitrogens with zero attached hydrogens (tertiary/aromatic N) is 3. The maximum Gasteiger partial charge on any atom is 0.433 e. The van der Waals surface area contributed by atoms with E-state index in [1.807, 2.05) is 0 Å². The van der Waals surface area contributed by atoms with Gasteiger partial charge >= 0.3 is 6.18 Å². The smallest absolute Gasteiger partial charge is 0.261 e. The quantitative estimate of drug-likeness (QED) is 0.630. The van der Waals surface area contributed by atoms with E-state index in [0.29, 0.717) is 4.68 Å². The molecule has 0 aliphatic rings. The normalized spacial score (nSPS) is 11.8. The molecule has 2 aromatic carbocycles. The molecule has 0 aliphatic carbocycles. The molecule has 0 unspecified atom stereocenters. The van der Waals surface area contributed by atoms with E-state index in [4.69, 9.17) is 16.9 Å². The van der Waals surface area contributed by atoms with E-state index in [1.165, 1.54) is 48.5 Å². The van der Waals surface area contributed by atoms with Crippen LogP contribution < -0.4 is 4.72 Å². The first-order valence-corrected chi connectivity index (χ1v) is 9.88. The van der Waals surface area contributed by atoms with Crippen molar-refractivity contribution in [3.63, 3.8) is 0 Å². The molecule has 29 heavy (non-hydrogen) atoms. The second-order valence-electron chi connectivity index (χ2n) is 5.81. The van der Waals surface area contributed by atoms with Crippen LogP contribution in [0.25, 0.3) is 11.1 Å². The van der Waals surface area contributed by atoms with Gasteiger partial charge < -0.3 is 0 Å². The molecule has 6 nitrogen and oxygen atoms in total. The van der Waals surface area contributed by atoms with E-state index in [2.05, 4.69) is 9.82 Å². The van der Waals surface area contributed by atoms with Gasteiger partial charge in [-0.1, -0.05) is 41.9 Å². The van der Waals surface area contributed by atoms with Gasteiger partial charge in [-0.2, -0.15) is 23.5 Å². The van der Waals surface area contributed by atoms with Gasteiger partial charge in [0.15, 0.2) is 11.5 Å². The Hall–Kier alpha value is -3.03. The number of rotatable bonds is 5. The predicted molar refractivity (Wildman–Crippen MR) is 101 cm³/mol. The summed E-state index contributed by atoms with van der Waals surface area (Å²) >= 11 is 5.81. The molecule has 0 atom stereocenters. The summed E-state index contributed by atoms with van der Waals surface area (Å²) in [5, 5.41) is 12.9. The molecule has 3 aromatic rings. The number of anilines is 1. The Morgan fingerprint density at radius 1 is 1.10 bits per heavy atom. The third-order valence-corrected chi connectivity index (χ3v) is 5.47. The van der Waals surface area contributed by atoms with Crippen LogP contribution >= 0.6 is 11.6 Å². The second kappa shape index (κ2) is 7.77. The number of nitrogens with one attached hydrogen (secondary N) is 1. The third-order valence-electron chi connectivity index (χ3n) is 3.86. The van der Waals surface area contributed by atoms with E-state index in [9.17, 15) is 21.6 Å². The molecule has 0 aliphatic heterocycles. The van der Waals surface area contributed by atoms with E-state index in [1.54, 1.807) is 12.1 Å². The lowest BCUT2D eigenvalue weighted by Gasteiger charge is -2.12. The molecule has 0 radical (unpaired) electrons. The van der Waals surface area contributed by atoms with Crippen molar-refractivity contribution in [2.24, 2.45) is 0 Å². The first-order valence-electron chi connectivity index (χ1n) is 8.02. The zero-order valence-electron chi connectivity index (χ0n) is 14.5. The van der Waals surface area contributed by atoms with Gasteiger partial charge in [0.05, 0.1) is 16.5 Å². The van der Waals surface area contributed by atoms with E-state index in [-0.39, 0.29) is 15.5 Å². The van der Waals surface area contributed by atoms with Crippen molar-refractivity contribution in [1.82, 2.24) is 9.78 Å². The van der Waals surface area contributed by atoms with Crippen molar-refractivity contribution in [3.05, 3.63) is 65.3 Å². The Morgan fingerprint density at radius 3 is 2.28 bits per heavy atom. The molecule has 0 bridgehead atoms. The molecule has 0 saturated carbocycles. The molecule has 3 rings (SSSR count). The zero-order chi connectivity index (χ0) is 21.2. The topological polar surface area (TPSA) is 87.8 Å². The summed E-state index contributed by atoms with van der Waals surface area (Å²) in [5.41, 5.74) is -1.70. The summed E-state index contributed by atoms with van der Waals surface area (Å²) < 4.78 is 69.2. The highest BCUT2D eigenvalue weighted by Crippen LogP contribution is 2.42. The SMILES string of the molecule is N#CCn1nc(NS(=O)(=O)c2ccccc2)c(-c2ccc(Cl)cc2)c1C(F)(F)F. The summed E-state index contributed by atoms with van der Waals surface area (Å²) in [7, 11) is -4.22. The number of hydrogen-bond donors (Lipinski definition) is 1. The van der Waals surface area contributed by atoms with Gasteiger partial charge in [-0.3, -0.25) is 4.72 Å². The molecule has 1 aromatic heterocycles. The van der Waals surface area contributed by atoms with Crippen molar-refractivity contribution in [2.75, 3.05) is 4.72 Å². The lowest BCUT2D eigenvalue weighted by atomic mass is 10.1. The van der Waals surface area contributed by atoms with Crippen LogP contribution in [-0.2, 0) is 22.7 Å². The van der Waals surface area contributed by atoms with Gasteiger partial charge in [-0.15, -0.1) is 0 Å². The van der Waals surface area contributed by atoms with Gasteiger partial charge in [0.2, 0.25) is 0 Å². The average Bonchev–Trinajstić information content (AvgIpc) is 3.01. The van der Waals surface area contributed by atoms with Gasteiger partial charge in [-0.25, -0.2) is 13.1 Å². The Bertz CT molecular complexity index is 1170. The summed E-state index contributed by atoms with van der Waals surface area (Å²) in [6.07, 6.45) is -4.89. The Balaban J connectivity index is 2.23. The number of sulfonamides is 1. The molecule has 11 heteroatoms. The summed E-state index contributed by atoms with van der Waals surface area (Å²) in [6, 6.07) is 14.1. The highest BCUT2D eigenvalue weighted by atomic mass is 35.5. The minimum atomic E-state index is -4.89. The van der Waals surface area contributed by atoms with Crippen LogP contribution in [0.1, 0.15) is 5.69 Å². The molecule has 1 heterocycles. The lowest BCUT2D eigenvalue weighted by Crippen LogP contribution is -2.15. The Kier molecular flexibility index (Phi) is 5.55. The maximum absolute atomic E-state index is 13.8. The first-order chi connectivity index (χ1) is 13.6. The third kappa shape index (κ3) is 4.36. The molecule has 0 fully saturated rings. The number of halogens is 4. The zero-order valence-corrected chi connectivity index (χ0v) is 16.1. The maximum atomic E-state index is 13.8. The Labute approximate surface area is 169 Å². The van der Waals surface area contributed by atoms with Crippen molar-refractivity contribution in [2.45, 2.75) is 17.6 Å². The van der Waals surface area contributed by atoms with Crippen molar-refractivity contribution < 1.29 is 21.6 Å². The van der Waals surface area contributed by atoms with Crippen LogP contribution in [0.3, 0.4) is 0 Å². The van der Waals surface area contributed by atoms with Crippen LogP contribution in [0.15, 0.2) is 59.5 Å². The van der Waals surface area contributed by atoms with Gasteiger partial charge in [0, 0.05) is 5.02 Å². The fourth-order valence-electron chi connectivity index (χ4n) is 2.68. The van der Waals surface area contributed by atoms with E-state index >= 15 is 0 Å². The largest absolute Gasteiger partial charge is 0.433 e. The van der Waals surface area contributed by atoms with Gasteiger partial charge in [0.1, 0.15) is 6.54 Å². The molecule has 0 amide bonds. The minimum absolute atomic E-state index is 0.0386. The number of nitriles is 1. The fraction of sp³-hybridized carbons (Fsp3) is 0.111. The molecule has 1 N–H and O–H groups in total. The number of aromatic nitrogens is 2. The summed E-state index contributed by atoms with van der Waals surface area (Å²) in [4.78, 5) is -0.148. The van der Waals surface area contributed by atoms with Gasteiger partial charge in [-0.05, 0) is 29.8 Å². The fourth-order valence-corrected chi connectivity index (χ4v) is 3.84. The summed E-state index contributed by atoms with van der Waals surface area (Å²) in [6.45, 7) is -0.720. The van der Waals surface area contributed by atoms with Crippen LogP contribution in [-0.4, -0.2) is 18.2 Å². The van der Waals surface area contributed by atoms with Crippen molar-refractivity contribution in [3.8, 4) is 17.2 Å². The molecule has 150 valence electrons. The monoisotopic (exact) mass is 440 g/mol. The Morgan fingerprint density at radius 2 is 1.72 bits per heavy atom. The second-order valence-corrected chi connectivity index (χ2v) is 7.93. The average molecular weight is 441 g/mol. The number of alkyl halides is 3. The number of hydrogen-bond acceptors (Lipinski definition) is 4. The van der Waals surface area contributed by atoms with Crippen LogP contribution in [0.2, 0.25) is 5.02 Å². The van der Waals surface area contributed by atoms with Crippen molar-refractivity contribution >= 4 is 27.4 Å². The van der Waals surface area contributed by atoms with Crippen molar-refractivity contribution in [1.29, 1.82) is 5.26 Å². The minimum Gasteiger partial charge on any atom is -0.261 e. The van der Waals surface area contributed by atoms with E-state index < -0.39 is 39.8 Å². The highest BCUT2D eigenvalue weighted by Gasteiger charge is 2.41. The van der Waals surface area contributed by atoms with Crippen LogP contribution in [0.5, 0.6) is 0 Å². The molecular weight excluding hydrogens is 429 g/mol. The van der Waals surface area contributed by atoms with Crippen LogP contribution in [0, 0.1) is 11.3 Å². The van der Waals surface area contributed by atoms with E-state index in [0.717, 1.165) is 0 Å².